The quantitative estimate of drug-likeness (QED) is 0.0316. The highest BCUT2D eigenvalue weighted by Gasteiger charge is 2.39. The van der Waals surface area contributed by atoms with Crippen LogP contribution in [0.1, 0.15) is 107 Å². The van der Waals surface area contributed by atoms with Gasteiger partial charge in [0, 0.05) is 56.7 Å². The van der Waals surface area contributed by atoms with Crippen molar-refractivity contribution in [1.29, 1.82) is 0 Å². The number of hydrogen-bond donors (Lipinski definition) is 4. The number of benzene rings is 12. The van der Waals surface area contributed by atoms with Crippen LogP contribution in [0.3, 0.4) is 0 Å². The van der Waals surface area contributed by atoms with Gasteiger partial charge < -0.3 is 24.8 Å². The first-order valence-electron chi connectivity index (χ1n) is 42.4. The third kappa shape index (κ3) is 23.9. The highest BCUT2D eigenvalue weighted by Crippen LogP contribution is 2.48. The predicted molar refractivity (Wildman–Crippen MR) is 531 cm³/mol. The molecule has 0 fully saturated rings. The van der Waals surface area contributed by atoms with Gasteiger partial charge in [-0.3, -0.25) is 27.0 Å². The largest absolute Gasteiger partial charge is 0.573 e. The van der Waals surface area contributed by atoms with Crippen LogP contribution in [0.4, 0.5) is 72.7 Å². The lowest BCUT2D eigenvalue weighted by Crippen LogP contribution is -2.30. The number of sulfonamides is 4. The topological polar surface area (TPSA) is 326 Å². The Hall–Kier alpha value is -14.0. The number of aromatic amines is 1. The molecule has 44 heteroatoms. The van der Waals surface area contributed by atoms with E-state index >= 15 is 0 Å². The first-order valence-corrected chi connectivity index (χ1v) is 52.2. The number of carboxylic acids is 3. The Labute approximate surface area is 835 Å². The molecule has 0 atom stereocenters. The van der Waals surface area contributed by atoms with Gasteiger partial charge in [-0.05, 0) is 258 Å². The highest BCUT2D eigenvalue weighted by molar-refractivity contribution is 7.94. The third-order valence-electron chi connectivity index (χ3n) is 22.2. The number of nitrogens with zero attached hydrogens (tertiary/aromatic N) is 5. The number of ether oxygens (including phenoxy) is 2. The molecule has 4 N–H and O–H groups in total. The number of halogens is 12. The summed E-state index contributed by atoms with van der Waals surface area (Å²) in [5.41, 5.74) is 2.19. The predicted octanol–water partition coefficient (Wildman–Crippen LogP) is 25.9. The van der Waals surface area contributed by atoms with Gasteiger partial charge in [0.15, 0.2) is 5.82 Å². The van der Waals surface area contributed by atoms with Gasteiger partial charge in [0.1, 0.15) is 49.0 Å². The van der Waals surface area contributed by atoms with E-state index in [1.54, 1.807) is 32.9 Å². The van der Waals surface area contributed by atoms with Crippen molar-refractivity contribution in [3.8, 4) is 22.9 Å². The molecule has 0 bridgehead atoms. The van der Waals surface area contributed by atoms with Crippen molar-refractivity contribution in [1.82, 2.24) is 9.36 Å². The van der Waals surface area contributed by atoms with E-state index in [9.17, 15) is 106 Å². The Bertz CT molecular complexity index is 8280. The number of rotatable bonds is 29. The average Bonchev–Trinajstić information content (AvgIpc) is 1.60. The van der Waals surface area contributed by atoms with E-state index in [1.165, 1.54) is 171 Å². The van der Waals surface area contributed by atoms with Crippen LogP contribution in [-0.2, 0) is 78.1 Å². The van der Waals surface area contributed by atoms with Crippen molar-refractivity contribution in [3.05, 3.63) is 372 Å². The molecular formula is C100H78F12N6O17S9. The second-order valence-corrected chi connectivity index (χ2v) is 44.7. The molecule has 0 amide bonds. The number of carbonyl (C=O) groups is 3. The van der Waals surface area contributed by atoms with E-state index in [0.29, 0.717) is 86.0 Å². The summed E-state index contributed by atoms with van der Waals surface area (Å²) < 4.78 is 293. The third-order valence-corrected chi connectivity index (χ3v) is 35.4. The Morgan fingerprint density at radius 2 is 0.660 bits per heavy atom. The Morgan fingerprint density at radius 3 is 0.944 bits per heavy atom. The first-order chi connectivity index (χ1) is 67.7. The van der Waals surface area contributed by atoms with Crippen LogP contribution in [0.25, 0.3) is 51.7 Å². The lowest BCUT2D eigenvalue weighted by molar-refractivity contribution is -0.274. The maximum Gasteiger partial charge on any atom is 0.573 e. The lowest BCUT2D eigenvalue weighted by atomic mass is 10.1. The molecule has 5 heterocycles. The van der Waals surface area contributed by atoms with Gasteiger partial charge in [-0.1, -0.05) is 109 Å². The summed E-state index contributed by atoms with van der Waals surface area (Å²) in [5.74, 6) is -14.4. The van der Waals surface area contributed by atoms with Crippen molar-refractivity contribution in [3.63, 3.8) is 0 Å². The zero-order chi connectivity index (χ0) is 104. The minimum atomic E-state index is -4.88. The van der Waals surface area contributed by atoms with Crippen molar-refractivity contribution >= 4 is 175 Å². The minimum Gasteiger partial charge on any atom is -0.478 e. The SMILES string of the molecule is Cc1c(N(Cc2ccc(F)c(C(C)(F)F)c2)S(=O)(=O)c2ccc(-c3nsc(=O)[nH]3)cc2)sc2ccccc12.Cc1c(N(Cc2ccc(F)c(C(C)(F)F)c2)S(=O)(=O)c2ccc(C(=O)O)cc2)sc2ccccc12.Cc1c(N(Cc2ccc(OC(C)(F)F)cc2)S(=O)(=O)c2ccc(C(=O)O)cc2)sc2ccccc12.Cc1c(N(Cc2ccc(OC(F)(F)F)cc2)S(=O)(=O)c2ccc(C(=O)O)c(F)c2)sc2ccccc12. The number of alkyl halides is 9. The second kappa shape index (κ2) is 42.1. The molecule has 748 valence electrons. The van der Waals surface area contributed by atoms with E-state index in [4.69, 9.17) is 15.3 Å². The minimum absolute atomic E-state index is 0.0307. The molecular weight excluding hydrogens is 2070 g/mol. The molecule has 0 saturated heterocycles. The molecule has 0 aliphatic rings. The molecule has 144 heavy (non-hydrogen) atoms. The molecule has 17 aromatic rings. The smallest absolute Gasteiger partial charge is 0.478 e. The summed E-state index contributed by atoms with van der Waals surface area (Å²) in [6.07, 6.45) is -8.22. The van der Waals surface area contributed by atoms with E-state index in [0.717, 1.165) is 119 Å². The van der Waals surface area contributed by atoms with Crippen LogP contribution >= 0.6 is 56.9 Å². The number of aryl methyl sites for hydroxylation is 4. The summed E-state index contributed by atoms with van der Waals surface area (Å²) in [4.78, 5) is 46.5. The van der Waals surface area contributed by atoms with Crippen LogP contribution in [-0.4, -0.2) is 88.7 Å². The number of fused-ring (bicyclic) bond motifs is 4. The monoisotopic (exact) mass is 2150 g/mol. The molecule has 0 spiro atoms. The molecule has 0 aliphatic heterocycles. The normalized spacial score (nSPS) is 12.1. The van der Waals surface area contributed by atoms with Crippen LogP contribution in [0, 0.1) is 45.1 Å². The molecule has 0 saturated carbocycles. The van der Waals surface area contributed by atoms with Gasteiger partial charge >= 0.3 is 35.3 Å². The molecule has 23 nitrogen and oxygen atoms in total. The zero-order valence-electron chi connectivity index (χ0n) is 75.8. The van der Waals surface area contributed by atoms with E-state index < -0.39 is 127 Å². The van der Waals surface area contributed by atoms with E-state index in [2.05, 4.69) is 18.8 Å². The molecule has 17 rings (SSSR count). The molecule has 0 aliphatic carbocycles. The Morgan fingerprint density at radius 1 is 0.361 bits per heavy atom. The standard InChI is InChI=1S/C26H20F3N3O3S3.C25H20F3NO4S2.C25H21F2NO5S2.C24H17F4NO5S2/c1-15-19-5-3-4-6-22(19)36-24(15)32(14-16-7-12-21(27)20(13-16)26(2,28)29)38(34,35)18-10-8-17(9-11-18)23-30-25(33)37-31-23;1-15-19-5-3-4-6-22(19)34-23(15)29(14-16-7-12-21(26)20(13-16)25(2,27)28)35(32,33)18-10-8-17(9-11-18)24(30)31;1-16-21-5-3-4-6-22(21)34-23(16)28(15-17-7-11-19(12-8-17)33-25(2,26)27)35(31,32)20-13-9-18(10-14-20)24(29)30;1-14-18-4-2-3-5-21(18)35-22(14)29(13-15-6-8-16(9-7-15)34-24(26,27)28)36(32,33)17-10-11-19(23(30)31)20(25)12-17/h3-13H,14H2,1-2H3,(H,30,31,33);3-13H,14H2,1-2H3,(H,30,31);3-14H,15H2,1-2H3,(H,29,30);2-12H,13H2,1H3,(H,30,31). The summed E-state index contributed by atoms with van der Waals surface area (Å²) in [5, 5.41) is 32.4. The van der Waals surface area contributed by atoms with Crippen molar-refractivity contribution < 1.29 is 126 Å². The maximum atomic E-state index is 14.4. The van der Waals surface area contributed by atoms with Gasteiger partial charge in [0.2, 0.25) is 0 Å². The number of aromatic carboxylic acids is 3. The van der Waals surface area contributed by atoms with Crippen LogP contribution in [0.5, 0.6) is 11.5 Å². The molecule has 12 aromatic carbocycles. The average molecular weight is 2150 g/mol. The van der Waals surface area contributed by atoms with Gasteiger partial charge in [-0.2, -0.15) is 13.2 Å². The Kier molecular flexibility index (Phi) is 31.0. The molecule has 0 radical (unpaired) electrons. The highest BCUT2D eigenvalue weighted by atomic mass is 32.2. The summed E-state index contributed by atoms with van der Waals surface area (Å²) in [6.45, 7) is 7.95. The van der Waals surface area contributed by atoms with Gasteiger partial charge in [0.05, 0.1) is 73.6 Å². The molecule has 5 aromatic heterocycles. The van der Waals surface area contributed by atoms with Crippen LogP contribution < -0.4 is 31.6 Å². The Balaban J connectivity index is 0.000000152. The fourth-order valence-corrected chi connectivity index (χ4v) is 27.2. The van der Waals surface area contributed by atoms with Crippen LogP contribution in [0.2, 0.25) is 0 Å². The fraction of sp³-hybridized carbons (Fsp3) is 0.150. The zero-order valence-corrected chi connectivity index (χ0v) is 83.2. The van der Waals surface area contributed by atoms with Gasteiger partial charge in [0.25, 0.3) is 51.9 Å². The number of hydrogen-bond acceptors (Lipinski definition) is 20. The van der Waals surface area contributed by atoms with E-state index in [1.807, 2.05) is 91.9 Å². The van der Waals surface area contributed by atoms with Gasteiger partial charge in [-0.15, -0.1) is 58.5 Å². The van der Waals surface area contributed by atoms with Crippen molar-refractivity contribution in [2.45, 2.75) is 119 Å². The summed E-state index contributed by atoms with van der Waals surface area (Å²) >= 11 is 5.74. The first kappa shape index (κ1) is 106. The summed E-state index contributed by atoms with van der Waals surface area (Å²) in [7, 11) is -17.0. The van der Waals surface area contributed by atoms with Crippen molar-refractivity contribution in [2.24, 2.45) is 0 Å². The maximum absolute atomic E-state index is 14.4. The number of thiophene rings is 4. The number of anilines is 4. The van der Waals surface area contributed by atoms with E-state index in [-0.39, 0.29) is 73.7 Å². The van der Waals surface area contributed by atoms with Crippen molar-refractivity contribution in [2.75, 3.05) is 17.2 Å². The fourth-order valence-electron chi connectivity index (χ4n) is 15.0. The number of carboxylic acid groups (broad SMARTS) is 3. The lowest BCUT2D eigenvalue weighted by Gasteiger charge is -2.25. The number of nitrogens with one attached hydrogen (secondary N) is 1. The second-order valence-electron chi connectivity index (χ2n) is 32.4. The summed E-state index contributed by atoms with van der Waals surface area (Å²) in [6, 6.07) is 64.5. The van der Waals surface area contributed by atoms with Gasteiger partial charge in [-0.25, -0.2) is 78.8 Å². The number of aromatic nitrogens is 2. The number of H-pyrrole nitrogens is 1. The molecule has 0 unspecified atom stereocenters. The van der Waals surface area contributed by atoms with Crippen LogP contribution in [0.15, 0.2) is 297 Å².